The van der Waals surface area contributed by atoms with Gasteiger partial charge in [0.15, 0.2) is 0 Å². The van der Waals surface area contributed by atoms with Gasteiger partial charge in [-0.15, -0.1) is 13.2 Å². The Morgan fingerprint density at radius 3 is 2.40 bits per heavy atom. The number of allylic oxidation sites excluding steroid dienone is 2. The summed E-state index contributed by atoms with van der Waals surface area (Å²) >= 11 is 0. The highest BCUT2D eigenvalue weighted by Gasteiger charge is 2.07. The van der Waals surface area contributed by atoms with Gasteiger partial charge in [0.25, 0.3) is 5.56 Å². The first-order valence-corrected chi connectivity index (χ1v) is 4.52. The SMILES string of the molecule is C=CCn1nc(C)c(=O)n(CC=C)c1=O. The zero-order valence-electron chi connectivity index (χ0n) is 8.64. The van der Waals surface area contributed by atoms with E-state index in [1.165, 1.54) is 10.8 Å². The van der Waals surface area contributed by atoms with Crippen molar-refractivity contribution in [3.63, 3.8) is 0 Å². The minimum Gasteiger partial charge on any atom is -0.267 e. The summed E-state index contributed by atoms with van der Waals surface area (Å²) in [5, 5.41) is 3.87. The maximum atomic E-state index is 11.7. The Kier molecular flexibility index (Phi) is 3.38. The molecule has 15 heavy (non-hydrogen) atoms. The lowest BCUT2D eigenvalue weighted by Crippen LogP contribution is -2.42. The predicted molar refractivity (Wildman–Crippen MR) is 57.9 cm³/mol. The van der Waals surface area contributed by atoms with E-state index in [4.69, 9.17) is 0 Å². The summed E-state index contributed by atoms with van der Waals surface area (Å²) in [6, 6.07) is 0. The highest BCUT2D eigenvalue weighted by Crippen LogP contribution is 1.82. The molecule has 0 saturated heterocycles. The first kappa shape index (κ1) is 11.2. The number of nitrogens with zero attached hydrogens (tertiary/aromatic N) is 3. The lowest BCUT2D eigenvalue weighted by molar-refractivity contribution is 0.541. The van der Waals surface area contributed by atoms with Gasteiger partial charge in [0.1, 0.15) is 5.69 Å². The van der Waals surface area contributed by atoms with E-state index in [0.717, 1.165) is 4.57 Å². The molecule has 0 fully saturated rings. The van der Waals surface area contributed by atoms with E-state index >= 15 is 0 Å². The second-order valence-corrected chi connectivity index (χ2v) is 3.04. The minimum atomic E-state index is -0.439. The summed E-state index contributed by atoms with van der Waals surface area (Å²) in [6.45, 7) is 9.06. The predicted octanol–water partition coefficient (Wildman–Crippen LogP) is 0.0854. The lowest BCUT2D eigenvalue weighted by Gasteiger charge is -2.06. The van der Waals surface area contributed by atoms with Crippen molar-refractivity contribution in [2.75, 3.05) is 0 Å². The number of aryl methyl sites for hydroxylation is 1. The van der Waals surface area contributed by atoms with Crippen LogP contribution >= 0.6 is 0 Å². The molecule has 0 radical (unpaired) electrons. The van der Waals surface area contributed by atoms with Crippen LogP contribution in [0.5, 0.6) is 0 Å². The fraction of sp³-hybridized carbons (Fsp3) is 0.300. The van der Waals surface area contributed by atoms with Gasteiger partial charge in [-0.2, -0.15) is 5.10 Å². The molecule has 5 heteroatoms. The second kappa shape index (κ2) is 4.54. The number of rotatable bonds is 4. The molecule has 0 spiro atoms. The van der Waals surface area contributed by atoms with Gasteiger partial charge in [0.05, 0.1) is 6.54 Å². The summed E-state index contributed by atoms with van der Waals surface area (Å²) in [5.41, 5.74) is -0.524. The number of aromatic nitrogens is 3. The standard InChI is InChI=1S/C10H13N3O2/c1-4-6-12-9(14)8(3)11-13(7-5-2)10(12)15/h4-5H,1-2,6-7H2,3H3. The molecule has 0 aliphatic heterocycles. The molecule has 0 amide bonds. The Labute approximate surface area is 87.0 Å². The zero-order valence-corrected chi connectivity index (χ0v) is 8.64. The molecular weight excluding hydrogens is 194 g/mol. The van der Waals surface area contributed by atoms with Crippen LogP contribution in [0.15, 0.2) is 34.9 Å². The van der Waals surface area contributed by atoms with Crippen molar-refractivity contribution in [2.24, 2.45) is 0 Å². The third kappa shape index (κ3) is 2.12. The first-order chi connectivity index (χ1) is 7.11. The van der Waals surface area contributed by atoms with Crippen molar-refractivity contribution in [3.05, 3.63) is 51.8 Å². The van der Waals surface area contributed by atoms with E-state index in [0.29, 0.717) is 5.69 Å². The average molecular weight is 207 g/mol. The Morgan fingerprint density at radius 1 is 1.27 bits per heavy atom. The monoisotopic (exact) mass is 207 g/mol. The van der Waals surface area contributed by atoms with Crippen LogP contribution in [-0.2, 0) is 13.1 Å². The maximum absolute atomic E-state index is 11.7. The van der Waals surface area contributed by atoms with E-state index in [9.17, 15) is 9.59 Å². The molecule has 0 atom stereocenters. The average Bonchev–Trinajstić information content (AvgIpc) is 2.21. The van der Waals surface area contributed by atoms with Crippen LogP contribution in [-0.4, -0.2) is 14.3 Å². The minimum absolute atomic E-state index is 0.193. The Bertz CT molecular complexity index is 496. The highest BCUT2D eigenvalue weighted by molar-refractivity contribution is 4.93. The Hall–Kier alpha value is -1.91. The molecule has 1 rings (SSSR count). The molecule has 0 aliphatic carbocycles. The van der Waals surface area contributed by atoms with Crippen LogP contribution in [0, 0.1) is 6.92 Å². The van der Waals surface area contributed by atoms with Crippen molar-refractivity contribution < 1.29 is 0 Å². The Morgan fingerprint density at radius 2 is 1.87 bits per heavy atom. The summed E-state index contributed by atoms with van der Waals surface area (Å²) in [7, 11) is 0. The molecule has 1 aromatic rings. The number of hydrogen-bond donors (Lipinski definition) is 0. The normalized spacial score (nSPS) is 9.93. The van der Waals surface area contributed by atoms with Gasteiger partial charge in [-0.05, 0) is 6.92 Å². The van der Waals surface area contributed by atoms with Gasteiger partial charge in [0, 0.05) is 6.54 Å². The molecule has 0 unspecified atom stereocenters. The molecule has 0 bridgehead atoms. The van der Waals surface area contributed by atoms with E-state index in [1.807, 2.05) is 0 Å². The van der Waals surface area contributed by atoms with Gasteiger partial charge in [-0.25, -0.2) is 9.48 Å². The highest BCUT2D eigenvalue weighted by atomic mass is 16.2. The van der Waals surface area contributed by atoms with E-state index in [2.05, 4.69) is 18.3 Å². The van der Waals surface area contributed by atoms with Crippen molar-refractivity contribution in [2.45, 2.75) is 20.0 Å². The molecule has 0 aromatic carbocycles. The third-order valence-electron chi connectivity index (χ3n) is 1.89. The van der Waals surface area contributed by atoms with Gasteiger partial charge in [0.2, 0.25) is 0 Å². The largest absolute Gasteiger partial charge is 0.348 e. The smallest absolute Gasteiger partial charge is 0.267 e. The summed E-state index contributed by atoms with van der Waals surface area (Å²) in [5.74, 6) is 0. The molecule has 0 saturated carbocycles. The molecule has 80 valence electrons. The van der Waals surface area contributed by atoms with E-state index in [1.54, 1.807) is 13.0 Å². The van der Waals surface area contributed by atoms with E-state index < -0.39 is 5.69 Å². The summed E-state index contributed by atoms with van der Waals surface area (Å²) < 4.78 is 2.30. The van der Waals surface area contributed by atoms with Crippen LogP contribution < -0.4 is 11.2 Å². The molecule has 5 nitrogen and oxygen atoms in total. The molecular formula is C10H13N3O2. The van der Waals surface area contributed by atoms with Crippen LogP contribution in [0.1, 0.15) is 5.69 Å². The fourth-order valence-electron chi connectivity index (χ4n) is 1.22. The van der Waals surface area contributed by atoms with Crippen molar-refractivity contribution in [1.82, 2.24) is 14.3 Å². The van der Waals surface area contributed by atoms with Crippen LogP contribution in [0.2, 0.25) is 0 Å². The van der Waals surface area contributed by atoms with Crippen LogP contribution in [0.25, 0.3) is 0 Å². The van der Waals surface area contributed by atoms with E-state index in [-0.39, 0.29) is 18.6 Å². The molecule has 1 heterocycles. The maximum Gasteiger partial charge on any atom is 0.348 e. The molecule has 1 aromatic heterocycles. The lowest BCUT2D eigenvalue weighted by atomic mass is 10.5. The first-order valence-electron chi connectivity index (χ1n) is 4.52. The number of hydrogen-bond acceptors (Lipinski definition) is 3. The van der Waals surface area contributed by atoms with Crippen LogP contribution in [0.4, 0.5) is 0 Å². The summed E-state index contributed by atoms with van der Waals surface area (Å²) in [6.07, 6.45) is 3.05. The van der Waals surface area contributed by atoms with Gasteiger partial charge in [-0.3, -0.25) is 9.36 Å². The van der Waals surface area contributed by atoms with Gasteiger partial charge >= 0.3 is 5.69 Å². The van der Waals surface area contributed by atoms with Gasteiger partial charge < -0.3 is 0 Å². The van der Waals surface area contributed by atoms with Crippen molar-refractivity contribution >= 4 is 0 Å². The zero-order chi connectivity index (χ0) is 11.4. The third-order valence-corrected chi connectivity index (χ3v) is 1.89. The summed E-state index contributed by atoms with van der Waals surface area (Å²) in [4.78, 5) is 23.2. The van der Waals surface area contributed by atoms with Crippen molar-refractivity contribution in [3.8, 4) is 0 Å². The van der Waals surface area contributed by atoms with Crippen LogP contribution in [0.3, 0.4) is 0 Å². The topological polar surface area (TPSA) is 56.9 Å². The second-order valence-electron chi connectivity index (χ2n) is 3.04. The van der Waals surface area contributed by atoms with Crippen molar-refractivity contribution in [1.29, 1.82) is 0 Å². The quantitative estimate of drug-likeness (QED) is 0.657. The molecule has 0 N–H and O–H groups in total. The Balaban J connectivity index is 3.48. The molecule has 0 aliphatic rings. The van der Waals surface area contributed by atoms with Gasteiger partial charge in [-0.1, -0.05) is 12.2 Å². The fourth-order valence-corrected chi connectivity index (χ4v) is 1.22.